The van der Waals surface area contributed by atoms with Crippen LogP contribution in [0.2, 0.25) is 0 Å². The topological polar surface area (TPSA) is 69.0 Å². The maximum absolute atomic E-state index is 12.8. The number of nitrogens with one attached hydrogen (secondary N) is 1. The number of alkyl halides is 3. The van der Waals surface area contributed by atoms with Gasteiger partial charge in [-0.15, -0.1) is 5.10 Å². The third kappa shape index (κ3) is 5.58. The highest BCUT2D eigenvalue weighted by Crippen LogP contribution is 2.21. The third-order valence-electron chi connectivity index (χ3n) is 1.93. The lowest BCUT2D eigenvalue weighted by atomic mass is 10.2. The highest BCUT2D eigenvalue weighted by atomic mass is 19.4. The van der Waals surface area contributed by atoms with Gasteiger partial charge in [-0.3, -0.25) is 4.68 Å². The summed E-state index contributed by atoms with van der Waals surface area (Å²) in [7, 11) is 0. The van der Waals surface area contributed by atoms with E-state index in [0.717, 1.165) is 4.68 Å². The van der Waals surface area contributed by atoms with Crippen molar-refractivity contribution in [2.45, 2.75) is 45.1 Å². The van der Waals surface area contributed by atoms with Gasteiger partial charge in [-0.25, -0.2) is 4.79 Å². The predicted molar refractivity (Wildman–Crippen MR) is 59.2 cm³/mol. The van der Waals surface area contributed by atoms with Crippen molar-refractivity contribution in [3.63, 3.8) is 0 Å². The summed E-state index contributed by atoms with van der Waals surface area (Å²) in [5, 5.41) is 8.60. The smallest absolute Gasteiger partial charge is 0.410 e. The van der Waals surface area contributed by atoms with Crippen molar-refractivity contribution < 1.29 is 22.7 Å². The van der Waals surface area contributed by atoms with Gasteiger partial charge in [0.15, 0.2) is 0 Å². The minimum absolute atomic E-state index is 0.567. The van der Waals surface area contributed by atoms with Crippen LogP contribution in [0.5, 0.6) is 0 Å². The standard InChI is InChI=1S/C10H15F3N4O2/c1-9(2,3)19-8(18)15-7(10(11,12)13)6-17-5-4-14-16-17/h4-5,7H,6H2,1-3H3,(H,15,18). The summed E-state index contributed by atoms with van der Waals surface area (Å²) in [4.78, 5) is 11.4. The van der Waals surface area contributed by atoms with Gasteiger partial charge in [0.05, 0.1) is 12.7 Å². The Bertz CT molecular complexity index is 411. The fourth-order valence-corrected chi connectivity index (χ4v) is 1.20. The van der Waals surface area contributed by atoms with E-state index >= 15 is 0 Å². The Labute approximate surface area is 107 Å². The Hall–Kier alpha value is -1.80. The first-order valence-electron chi connectivity index (χ1n) is 5.48. The number of carbonyl (C=O) groups excluding carboxylic acids is 1. The van der Waals surface area contributed by atoms with Gasteiger partial charge < -0.3 is 10.1 Å². The number of hydrogen-bond donors (Lipinski definition) is 1. The number of aromatic nitrogens is 3. The normalized spacial score (nSPS) is 14.0. The summed E-state index contributed by atoms with van der Waals surface area (Å²) in [5.74, 6) is 0. The second-order valence-corrected chi connectivity index (χ2v) is 4.87. The molecule has 0 saturated heterocycles. The molecule has 1 unspecified atom stereocenters. The van der Waals surface area contributed by atoms with Gasteiger partial charge in [0.1, 0.15) is 11.6 Å². The molecule has 19 heavy (non-hydrogen) atoms. The second kappa shape index (κ2) is 5.45. The quantitative estimate of drug-likeness (QED) is 0.915. The van der Waals surface area contributed by atoms with E-state index in [2.05, 4.69) is 10.3 Å². The van der Waals surface area contributed by atoms with Crippen molar-refractivity contribution in [2.75, 3.05) is 0 Å². The van der Waals surface area contributed by atoms with Crippen LogP contribution in [0.3, 0.4) is 0 Å². The molecule has 9 heteroatoms. The van der Waals surface area contributed by atoms with E-state index in [1.54, 1.807) is 26.1 Å². The maximum Gasteiger partial charge on any atom is 0.410 e. The van der Waals surface area contributed by atoms with Crippen molar-refractivity contribution in [1.29, 1.82) is 0 Å². The van der Waals surface area contributed by atoms with Crippen molar-refractivity contribution in [3.05, 3.63) is 12.4 Å². The van der Waals surface area contributed by atoms with Crippen molar-refractivity contribution in [3.8, 4) is 0 Å². The average Bonchev–Trinajstić information content (AvgIpc) is 2.64. The van der Waals surface area contributed by atoms with Crippen LogP contribution in [0, 0.1) is 0 Å². The largest absolute Gasteiger partial charge is 0.444 e. The molecule has 1 heterocycles. The zero-order valence-electron chi connectivity index (χ0n) is 10.7. The highest BCUT2D eigenvalue weighted by molar-refractivity contribution is 5.68. The van der Waals surface area contributed by atoms with Crippen molar-refractivity contribution in [2.24, 2.45) is 0 Å². The molecular formula is C10H15F3N4O2. The molecule has 108 valence electrons. The van der Waals surface area contributed by atoms with Gasteiger partial charge in [-0.1, -0.05) is 5.21 Å². The van der Waals surface area contributed by atoms with Gasteiger partial charge in [0.2, 0.25) is 0 Å². The lowest BCUT2D eigenvalue weighted by Gasteiger charge is -2.24. The monoisotopic (exact) mass is 280 g/mol. The first-order chi connectivity index (χ1) is 8.58. The molecule has 0 bridgehead atoms. The summed E-state index contributed by atoms with van der Waals surface area (Å²) >= 11 is 0. The first-order valence-corrected chi connectivity index (χ1v) is 5.48. The minimum atomic E-state index is -4.61. The molecule has 1 rings (SSSR count). The molecule has 0 fully saturated rings. The molecule has 1 atom stereocenters. The van der Waals surface area contributed by atoms with Gasteiger partial charge >= 0.3 is 12.3 Å². The van der Waals surface area contributed by atoms with E-state index in [4.69, 9.17) is 4.74 Å². The Morgan fingerprint density at radius 1 is 1.42 bits per heavy atom. The number of alkyl carbamates (subject to hydrolysis) is 1. The van der Waals surface area contributed by atoms with Crippen LogP contribution in [-0.2, 0) is 11.3 Å². The zero-order chi connectivity index (χ0) is 14.7. The number of ether oxygens (including phenoxy) is 1. The molecule has 0 radical (unpaired) electrons. The molecule has 0 aliphatic rings. The van der Waals surface area contributed by atoms with Crippen molar-refractivity contribution in [1.82, 2.24) is 20.3 Å². The SMILES string of the molecule is CC(C)(C)OC(=O)NC(Cn1ccnn1)C(F)(F)F. The Morgan fingerprint density at radius 2 is 2.05 bits per heavy atom. The molecule has 0 aliphatic carbocycles. The van der Waals surface area contributed by atoms with Crippen LogP contribution in [0.15, 0.2) is 12.4 Å². The molecule has 1 aromatic rings. The van der Waals surface area contributed by atoms with E-state index in [-0.39, 0.29) is 0 Å². The summed E-state index contributed by atoms with van der Waals surface area (Å²) in [5.41, 5.74) is -0.868. The lowest BCUT2D eigenvalue weighted by Crippen LogP contribution is -2.49. The average molecular weight is 280 g/mol. The van der Waals surface area contributed by atoms with Crippen LogP contribution >= 0.6 is 0 Å². The summed E-state index contributed by atoms with van der Waals surface area (Å²) in [6, 6.07) is -2.09. The van der Waals surface area contributed by atoms with E-state index in [1.165, 1.54) is 12.4 Å². The van der Waals surface area contributed by atoms with Crippen LogP contribution in [0.4, 0.5) is 18.0 Å². The fraction of sp³-hybridized carbons (Fsp3) is 0.700. The number of carbonyl (C=O) groups is 1. The molecule has 0 saturated carbocycles. The molecule has 1 N–H and O–H groups in total. The fourth-order valence-electron chi connectivity index (χ4n) is 1.20. The van der Waals surface area contributed by atoms with E-state index < -0.39 is 30.5 Å². The number of nitrogens with zero attached hydrogens (tertiary/aromatic N) is 3. The van der Waals surface area contributed by atoms with Crippen LogP contribution in [0.25, 0.3) is 0 Å². The third-order valence-corrected chi connectivity index (χ3v) is 1.93. The maximum atomic E-state index is 12.8. The Kier molecular flexibility index (Phi) is 4.38. The molecule has 1 amide bonds. The second-order valence-electron chi connectivity index (χ2n) is 4.87. The zero-order valence-corrected chi connectivity index (χ0v) is 10.7. The molecular weight excluding hydrogens is 265 g/mol. The highest BCUT2D eigenvalue weighted by Gasteiger charge is 2.41. The van der Waals surface area contributed by atoms with Crippen molar-refractivity contribution >= 4 is 6.09 Å². The van der Waals surface area contributed by atoms with Gasteiger partial charge in [-0.05, 0) is 20.8 Å². The molecule has 0 aromatic carbocycles. The Morgan fingerprint density at radius 3 is 2.47 bits per heavy atom. The summed E-state index contributed by atoms with van der Waals surface area (Å²) in [6.45, 7) is 4.12. The molecule has 6 nitrogen and oxygen atoms in total. The number of hydrogen-bond acceptors (Lipinski definition) is 4. The molecule has 1 aromatic heterocycles. The number of halogens is 3. The van der Waals surface area contributed by atoms with Gasteiger partial charge in [-0.2, -0.15) is 13.2 Å². The predicted octanol–water partition coefficient (Wildman–Crippen LogP) is 1.73. The van der Waals surface area contributed by atoms with Crippen LogP contribution < -0.4 is 5.32 Å². The molecule has 0 spiro atoms. The van der Waals surface area contributed by atoms with E-state index in [0.29, 0.717) is 0 Å². The minimum Gasteiger partial charge on any atom is -0.444 e. The Balaban J connectivity index is 2.68. The van der Waals surface area contributed by atoms with E-state index in [9.17, 15) is 18.0 Å². The van der Waals surface area contributed by atoms with Crippen LogP contribution in [0.1, 0.15) is 20.8 Å². The number of amides is 1. The van der Waals surface area contributed by atoms with Gasteiger partial charge in [0.25, 0.3) is 0 Å². The molecule has 0 aliphatic heterocycles. The van der Waals surface area contributed by atoms with Crippen LogP contribution in [-0.4, -0.2) is 38.9 Å². The first kappa shape index (κ1) is 15.3. The summed E-state index contributed by atoms with van der Waals surface area (Å²) < 4.78 is 44.1. The summed E-state index contributed by atoms with van der Waals surface area (Å²) in [6.07, 6.45) is -3.21. The lowest BCUT2D eigenvalue weighted by molar-refractivity contribution is -0.158. The number of rotatable bonds is 3. The van der Waals surface area contributed by atoms with Gasteiger partial charge in [0, 0.05) is 6.20 Å². The van der Waals surface area contributed by atoms with E-state index in [1.807, 2.05) is 0 Å².